The predicted molar refractivity (Wildman–Crippen MR) is 105 cm³/mol. The van der Waals surface area contributed by atoms with Crippen molar-refractivity contribution in [3.63, 3.8) is 0 Å². The van der Waals surface area contributed by atoms with E-state index in [0.29, 0.717) is 12.2 Å². The highest BCUT2D eigenvalue weighted by Crippen LogP contribution is 2.30. The van der Waals surface area contributed by atoms with Gasteiger partial charge in [-0.2, -0.15) is 5.10 Å². The summed E-state index contributed by atoms with van der Waals surface area (Å²) in [5.41, 5.74) is 3.76. The van der Waals surface area contributed by atoms with Gasteiger partial charge in [0.1, 0.15) is 11.5 Å². The normalized spacial score (nSPS) is 17.3. The molecule has 1 unspecified atom stereocenters. The molecule has 1 aliphatic heterocycles. The van der Waals surface area contributed by atoms with Crippen LogP contribution in [0.4, 0.5) is 0 Å². The van der Waals surface area contributed by atoms with Gasteiger partial charge in [0.25, 0.3) is 5.91 Å². The number of imidazole rings is 1. The van der Waals surface area contributed by atoms with Crippen LogP contribution in [-0.2, 0) is 7.05 Å². The number of piperidine rings is 1. The van der Waals surface area contributed by atoms with Crippen molar-refractivity contribution in [3.8, 4) is 11.4 Å². The number of aromatic nitrogens is 4. The highest BCUT2D eigenvalue weighted by molar-refractivity contribution is 5.92. The number of benzene rings is 1. The lowest BCUT2D eigenvalue weighted by Gasteiger charge is -2.34. The van der Waals surface area contributed by atoms with Crippen molar-refractivity contribution in [2.75, 3.05) is 13.1 Å². The number of amides is 1. The van der Waals surface area contributed by atoms with Gasteiger partial charge < -0.3 is 9.47 Å². The lowest BCUT2D eigenvalue weighted by atomic mass is 10.0. The summed E-state index contributed by atoms with van der Waals surface area (Å²) in [7, 11) is 1.83. The summed E-state index contributed by atoms with van der Waals surface area (Å²) >= 11 is 0. The van der Waals surface area contributed by atoms with Gasteiger partial charge in [0.05, 0.1) is 11.7 Å². The third-order valence-electron chi connectivity index (χ3n) is 5.28. The van der Waals surface area contributed by atoms with Gasteiger partial charge in [0.2, 0.25) is 0 Å². The fraction of sp³-hybridized carbons (Fsp3) is 0.381. The van der Waals surface area contributed by atoms with Gasteiger partial charge in [-0.05, 0) is 32.8 Å². The molecule has 6 nitrogen and oxygen atoms in total. The summed E-state index contributed by atoms with van der Waals surface area (Å²) in [4.78, 5) is 19.6. The van der Waals surface area contributed by atoms with Crippen molar-refractivity contribution >= 4 is 5.91 Å². The van der Waals surface area contributed by atoms with Gasteiger partial charge in [-0.1, -0.05) is 30.3 Å². The van der Waals surface area contributed by atoms with Crippen LogP contribution in [0.25, 0.3) is 11.4 Å². The molecule has 3 aromatic rings. The second-order valence-electron chi connectivity index (χ2n) is 7.30. The summed E-state index contributed by atoms with van der Waals surface area (Å²) < 4.78 is 3.97. The molecule has 1 aliphatic rings. The van der Waals surface area contributed by atoms with E-state index in [-0.39, 0.29) is 11.9 Å². The summed E-state index contributed by atoms with van der Waals surface area (Å²) in [6.07, 6.45) is 3.96. The van der Waals surface area contributed by atoms with Crippen LogP contribution in [0.2, 0.25) is 0 Å². The lowest BCUT2D eigenvalue weighted by Crippen LogP contribution is -2.41. The summed E-state index contributed by atoms with van der Waals surface area (Å²) in [5.74, 6) is 1.03. The van der Waals surface area contributed by atoms with E-state index in [0.717, 1.165) is 42.2 Å². The SMILES string of the molecule is Cc1cc(C(=O)N2CCCC(n3c(C)cnc3-c3ccccc3)C2)n(C)n1. The second-order valence-corrected chi connectivity index (χ2v) is 7.30. The Morgan fingerprint density at radius 2 is 1.96 bits per heavy atom. The zero-order valence-corrected chi connectivity index (χ0v) is 16.1. The summed E-state index contributed by atoms with van der Waals surface area (Å²) in [6.45, 7) is 5.48. The molecule has 1 amide bonds. The first-order valence-corrected chi connectivity index (χ1v) is 9.44. The van der Waals surface area contributed by atoms with Crippen LogP contribution < -0.4 is 0 Å². The van der Waals surface area contributed by atoms with Gasteiger partial charge in [0.15, 0.2) is 0 Å². The Balaban J connectivity index is 1.62. The first-order chi connectivity index (χ1) is 13.0. The molecule has 0 N–H and O–H groups in total. The highest BCUT2D eigenvalue weighted by Gasteiger charge is 2.29. The van der Waals surface area contributed by atoms with Gasteiger partial charge >= 0.3 is 0 Å². The number of aryl methyl sites for hydroxylation is 3. The van der Waals surface area contributed by atoms with Crippen LogP contribution in [0.5, 0.6) is 0 Å². The number of rotatable bonds is 3. The first-order valence-electron chi connectivity index (χ1n) is 9.44. The molecule has 6 heteroatoms. The highest BCUT2D eigenvalue weighted by atomic mass is 16.2. The predicted octanol–water partition coefficient (Wildman–Crippen LogP) is 3.38. The van der Waals surface area contributed by atoms with Gasteiger partial charge in [-0.15, -0.1) is 0 Å². The average Bonchev–Trinajstić information content (AvgIpc) is 3.23. The molecule has 1 fully saturated rings. The molecule has 4 rings (SSSR count). The number of likely N-dealkylation sites (tertiary alicyclic amines) is 1. The van der Waals surface area contributed by atoms with Crippen LogP contribution >= 0.6 is 0 Å². The zero-order valence-electron chi connectivity index (χ0n) is 16.1. The molecular formula is C21H25N5O. The minimum Gasteiger partial charge on any atom is -0.335 e. The van der Waals surface area contributed by atoms with Crippen molar-refractivity contribution in [2.45, 2.75) is 32.7 Å². The van der Waals surface area contributed by atoms with Gasteiger partial charge in [-0.3, -0.25) is 9.48 Å². The lowest BCUT2D eigenvalue weighted by molar-refractivity contribution is 0.0668. The Morgan fingerprint density at radius 3 is 2.67 bits per heavy atom. The number of carbonyl (C=O) groups excluding carboxylic acids is 1. The van der Waals surface area contributed by atoms with Gasteiger partial charge in [0, 0.05) is 37.6 Å². The van der Waals surface area contributed by atoms with Gasteiger partial charge in [-0.25, -0.2) is 4.98 Å². The van der Waals surface area contributed by atoms with E-state index in [4.69, 9.17) is 0 Å². The molecule has 1 atom stereocenters. The molecule has 0 radical (unpaired) electrons. The fourth-order valence-electron chi connectivity index (χ4n) is 4.03. The Hall–Kier alpha value is -2.89. The molecule has 1 aromatic carbocycles. The summed E-state index contributed by atoms with van der Waals surface area (Å²) in [5, 5.41) is 4.32. The average molecular weight is 363 g/mol. The zero-order chi connectivity index (χ0) is 19.0. The maximum absolute atomic E-state index is 13.0. The van der Waals surface area contributed by atoms with Crippen LogP contribution in [0.3, 0.4) is 0 Å². The molecule has 0 aliphatic carbocycles. The minimum atomic E-state index is 0.0572. The molecular weight excluding hydrogens is 338 g/mol. The Bertz CT molecular complexity index is 956. The van der Waals surface area contributed by atoms with E-state index in [1.54, 1.807) is 4.68 Å². The van der Waals surface area contributed by atoms with Crippen molar-refractivity contribution in [1.29, 1.82) is 0 Å². The smallest absolute Gasteiger partial charge is 0.272 e. The van der Waals surface area contributed by atoms with E-state index in [1.165, 1.54) is 0 Å². The van der Waals surface area contributed by atoms with E-state index in [1.807, 2.05) is 49.3 Å². The number of hydrogen-bond acceptors (Lipinski definition) is 3. The molecule has 27 heavy (non-hydrogen) atoms. The van der Waals surface area contributed by atoms with Crippen molar-refractivity contribution in [2.24, 2.45) is 7.05 Å². The Labute approximate surface area is 159 Å². The van der Waals surface area contributed by atoms with Crippen LogP contribution in [0.1, 0.15) is 40.8 Å². The second kappa shape index (κ2) is 7.02. The quantitative estimate of drug-likeness (QED) is 0.717. The Kier molecular flexibility index (Phi) is 4.56. The van der Waals surface area contributed by atoms with E-state index >= 15 is 0 Å². The first kappa shape index (κ1) is 17.5. The van der Waals surface area contributed by atoms with E-state index in [9.17, 15) is 4.79 Å². The maximum atomic E-state index is 13.0. The number of nitrogens with zero attached hydrogens (tertiary/aromatic N) is 5. The number of hydrogen-bond donors (Lipinski definition) is 0. The van der Waals surface area contributed by atoms with Crippen LogP contribution in [0.15, 0.2) is 42.6 Å². The number of carbonyl (C=O) groups is 1. The summed E-state index contributed by atoms with van der Waals surface area (Å²) in [6, 6.07) is 12.3. The van der Waals surface area contributed by atoms with Crippen LogP contribution in [-0.4, -0.2) is 43.2 Å². The molecule has 1 saturated heterocycles. The molecule has 0 spiro atoms. The minimum absolute atomic E-state index is 0.0572. The largest absolute Gasteiger partial charge is 0.335 e. The molecule has 2 aromatic heterocycles. The third kappa shape index (κ3) is 3.27. The topological polar surface area (TPSA) is 56.0 Å². The molecule has 0 bridgehead atoms. The molecule has 3 heterocycles. The van der Waals surface area contributed by atoms with E-state index < -0.39 is 0 Å². The molecule has 0 saturated carbocycles. The van der Waals surface area contributed by atoms with E-state index in [2.05, 4.69) is 33.7 Å². The molecule has 140 valence electrons. The fourth-order valence-corrected chi connectivity index (χ4v) is 4.03. The third-order valence-corrected chi connectivity index (χ3v) is 5.28. The maximum Gasteiger partial charge on any atom is 0.272 e. The van der Waals surface area contributed by atoms with Crippen molar-refractivity contribution in [3.05, 3.63) is 59.7 Å². The van der Waals surface area contributed by atoms with Crippen LogP contribution in [0, 0.1) is 13.8 Å². The monoisotopic (exact) mass is 363 g/mol. The van der Waals surface area contributed by atoms with Crippen molar-refractivity contribution < 1.29 is 4.79 Å². The Morgan fingerprint density at radius 1 is 1.19 bits per heavy atom. The van der Waals surface area contributed by atoms with Crippen molar-refractivity contribution in [1.82, 2.24) is 24.2 Å². The standard InChI is InChI=1S/C21H25N5O/c1-15-12-19(24(3)23-15)21(27)25-11-7-10-18(14-25)26-16(2)13-22-20(26)17-8-5-4-6-9-17/h4-6,8-9,12-13,18H,7,10-11,14H2,1-3H3.